The SMILES string of the molecule is CN(C)CC(N)c1ccc(Cl)s1. The molecule has 0 aliphatic carbocycles. The van der Waals surface area contributed by atoms with E-state index in [0.717, 1.165) is 15.8 Å². The molecule has 0 amide bonds. The van der Waals surface area contributed by atoms with Crippen LogP contribution in [0.3, 0.4) is 0 Å². The number of halogens is 1. The first-order chi connectivity index (χ1) is 5.59. The predicted octanol–water partition coefficient (Wildman–Crippen LogP) is 1.96. The van der Waals surface area contributed by atoms with Crippen LogP contribution in [-0.4, -0.2) is 25.5 Å². The van der Waals surface area contributed by atoms with Gasteiger partial charge in [-0.05, 0) is 26.2 Å². The summed E-state index contributed by atoms with van der Waals surface area (Å²) in [5.41, 5.74) is 5.92. The van der Waals surface area contributed by atoms with Crippen molar-refractivity contribution >= 4 is 22.9 Å². The van der Waals surface area contributed by atoms with Crippen molar-refractivity contribution in [2.75, 3.05) is 20.6 Å². The standard InChI is InChI=1S/C8H13ClN2S/c1-11(2)5-6(10)7-3-4-8(9)12-7/h3-4,6H,5,10H2,1-2H3. The van der Waals surface area contributed by atoms with E-state index in [0.29, 0.717) is 0 Å². The highest BCUT2D eigenvalue weighted by Gasteiger charge is 2.08. The van der Waals surface area contributed by atoms with E-state index in [1.54, 1.807) is 11.3 Å². The smallest absolute Gasteiger partial charge is 0.0931 e. The second kappa shape index (κ2) is 4.23. The molecular weight excluding hydrogens is 192 g/mol. The fourth-order valence-corrected chi connectivity index (χ4v) is 2.06. The van der Waals surface area contributed by atoms with Crippen molar-refractivity contribution in [2.45, 2.75) is 6.04 Å². The Balaban J connectivity index is 2.58. The molecule has 0 radical (unpaired) electrons. The van der Waals surface area contributed by atoms with Gasteiger partial charge in [-0.2, -0.15) is 0 Å². The average Bonchev–Trinajstić information content (AvgIpc) is 2.34. The first-order valence-corrected chi connectivity index (χ1v) is 4.94. The zero-order valence-corrected chi connectivity index (χ0v) is 8.82. The molecule has 2 nitrogen and oxygen atoms in total. The normalized spacial score (nSPS) is 13.8. The number of likely N-dealkylation sites (N-methyl/N-ethyl adjacent to an activating group) is 1. The summed E-state index contributed by atoms with van der Waals surface area (Å²) in [6, 6.07) is 3.95. The lowest BCUT2D eigenvalue weighted by molar-refractivity contribution is 0.379. The molecule has 1 rings (SSSR count). The van der Waals surface area contributed by atoms with Crippen molar-refractivity contribution in [3.8, 4) is 0 Å². The second-order valence-corrected chi connectivity index (χ2v) is 4.76. The molecule has 1 heterocycles. The topological polar surface area (TPSA) is 29.3 Å². The van der Waals surface area contributed by atoms with E-state index >= 15 is 0 Å². The van der Waals surface area contributed by atoms with E-state index in [2.05, 4.69) is 4.90 Å². The van der Waals surface area contributed by atoms with Gasteiger partial charge >= 0.3 is 0 Å². The summed E-state index contributed by atoms with van der Waals surface area (Å²) in [4.78, 5) is 3.21. The van der Waals surface area contributed by atoms with Crippen molar-refractivity contribution in [3.63, 3.8) is 0 Å². The third-order valence-corrected chi connectivity index (χ3v) is 2.88. The highest BCUT2D eigenvalue weighted by molar-refractivity contribution is 7.16. The summed E-state index contributed by atoms with van der Waals surface area (Å²) in [6.45, 7) is 0.858. The molecule has 0 aromatic carbocycles. The third-order valence-electron chi connectivity index (χ3n) is 1.52. The van der Waals surface area contributed by atoms with E-state index in [9.17, 15) is 0 Å². The quantitative estimate of drug-likeness (QED) is 0.816. The largest absolute Gasteiger partial charge is 0.322 e. The Morgan fingerprint density at radius 1 is 1.58 bits per heavy atom. The molecule has 0 bridgehead atoms. The molecule has 4 heteroatoms. The Labute approximate surface area is 81.9 Å². The van der Waals surface area contributed by atoms with Gasteiger partial charge in [0.25, 0.3) is 0 Å². The molecule has 68 valence electrons. The van der Waals surface area contributed by atoms with Crippen molar-refractivity contribution in [1.82, 2.24) is 4.90 Å². The lowest BCUT2D eigenvalue weighted by Crippen LogP contribution is -2.25. The van der Waals surface area contributed by atoms with Crippen LogP contribution in [-0.2, 0) is 0 Å². The van der Waals surface area contributed by atoms with E-state index in [-0.39, 0.29) is 6.04 Å². The molecular formula is C8H13ClN2S. The van der Waals surface area contributed by atoms with E-state index < -0.39 is 0 Å². The Bertz CT molecular complexity index is 247. The van der Waals surface area contributed by atoms with Crippen LogP contribution in [0.1, 0.15) is 10.9 Å². The molecule has 12 heavy (non-hydrogen) atoms. The molecule has 0 aliphatic rings. The van der Waals surface area contributed by atoms with E-state index in [4.69, 9.17) is 17.3 Å². The first-order valence-electron chi connectivity index (χ1n) is 3.75. The summed E-state index contributed by atoms with van der Waals surface area (Å²) in [5.74, 6) is 0. The minimum absolute atomic E-state index is 0.0810. The Morgan fingerprint density at radius 2 is 2.25 bits per heavy atom. The van der Waals surface area contributed by atoms with Crippen molar-refractivity contribution in [2.24, 2.45) is 5.73 Å². The Hall–Kier alpha value is -0.0900. The maximum atomic E-state index is 5.92. The van der Waals surface area contributed by atoms with Crippen molar-refractivity contribution < 1.29 is 0 Å². The van der Waals surface area contributed by atoms with Crippen LogP contribution in [0.5, 0.6) is 0 Å². The minimum atomic E-state index is 0.0810. The van der Waals surface area contributed by atoms with Gasteiger partial charge in [-0.1, -0.05) is 11.6 Å². The number of rotatable bonds is 3. The molecule has 0 aliphatic heterocycles. The predicted molar refractivity (Wildman–Crippen MR) is 54.8 cm³/mol. The van der Waals surface area contributed by atoms with Gasteiger partial charge in [0.15, 0.2) is 0 Å². The molecule has 0 saturated carbocycles. The molecule has 0 fully saturated rings. The second-order valence-electron chi connectivity index (χ2n) is 3.01. The highest BCUT2D eigenvalue weighted by atomic mass is 35.5. The van der Waals surface area contributed by atoms with E-state index in [1.807, 2.05) is 26.2 Å². The van der Waals surface area contributed by atoms with Crippen LogP contribution in [0.4, 0.5) is 0 Å². The maximum absolute atomic E-state index is 5.92. The van der Waals surface area contributed by atoms with Crippen LogP contribution in [0.2, 0.25) is 4.34 Å². The first kappa shape index (κ1) is 9.99. The van der Waals surface area contributed by atoms with Crippen molar-refractivity contribution in [1.29, 1.82) is 0 Å². The van der Waals surface area contributed by atoms with Crippen molar-refractivity contribution in [3.05, 3.63) is 21.3 Å². The van der Waals surface area contributed by atoms with Gasteiger partial charge in [-0.3, -0.25) is 0 Å². The molecule has 1 unspecified atom stereocenters. The van der Waals surface area contributed by atoms with Crippen LogP contribution in [0.15, 0.2) is 12.1 Å². The number of nitrogens with two attached hydrogens (primary N) is 1. The van der Waals surface area contributed by atoms with Gasteiger partial charge in [-0.25, -0.2) is 0 Å². The minimum Gasteiger partial charge on any atom is -0.322 e. The summed E-state index contributed by atoms with van der Waals surface area (Å²) in [6.07, 6.45) is 0. The van der Waals surface area contributed by atoms with Gasteiger partial charge in [0, 0.05) is 11.4 Å². The number of hydrogen-bond acceptors (Lipinski definition) is 3. The lowest BCUT2D eigenvalue weighted by Gasteiger charge is -2.14. The zero-order chi connectivity index (χ0) is 9.14. The number of nitrogens with zero attached hydrogens (tertiary/aromatic N) is 1. The van der Waals surface area contributed by atoms with Gasteiger partial charge in [0.1, 0.15) is 0 Å². The fraction of sp³-hybridized carbons (Fsp3) is 0.500. The Morgan fingerprint density at radius 3 is 2.67 bits per heavy atom. The van der Waals surface area contributed by atoms with Crippen LogP contribution in [0.25, 0.3) is 0 Å². The van der Waals surface area contributed by atoms with Gasteiger partial charge < -0.3 is 10.6 Å². The molecule has 1 atom stereocenters. The Kier molecular flexibility index (Phi) is 3.53. The molecule has 0 spiro atoms. The summed E-state index contributed by atoms with van der Waals surface area (Å²) in [5, 5.41) is 0. The molecule has 1 aromatic rings. The number of hydrogen-bond donors (Lipinski definition) is 1. The molecule has 1 aromatic heterocycles. The van der Waals surface area contributed by atoms with Crippen LogP contribution < -0.4 is 5.73 Å². The zero-order valence-electron chi connectivity index (χ0n) is 7.25. The fourth-order valence-electron chi connectivity index (χ4n) is 1.01. The van der Waals surface area contributed by atoms with Gasteiger partial charge in [0.2, 0.25) is 0 Å². The summed E-state index contributed by atoms with van der Waals surface area (Å²) < 4.78 is 0.805. The summed E-state index contributed by atoms with van der Waals surface area (Å²) in [7, 11) is 4.02. The third kappa shape index (κ3) is 2.75. The maximum Gasteiger partial charge on any atom is 0.0931 e. The molecule has 2 N–H and O–H groups in total. The van der Waals surface area contributed by atoms with Gasteiger partial charge in [-0.15, -0.1) is 11.3 Å². The highest BCUT2D eigenvalue weighted by Crippen LogP contribution is 2.25. The van der Waals surface area contributed by atoms with Crippen LogP contribution in [0, 0.1) is 0 Å². The lowest BCUT2D eigenvalue weighted by atomic mass is 10.2. The number of thiophene rings is 1. The van der Waals surface area contributed by atoms with Crippen LogP contribution >= 0.6 is 22.9 Å². The molecule has 0 saturated heterocycles. The van der Waals surface area contributed by atoms with Gasteiger partial charge in [0.05, 0.1) is 10.4 Å². The van der Waals surface area contributed by atoms with E-state index in [1.165, 1.54) is 0 Å². The summed E-state index contributed by atoms with van der Waals surface area (Å²) >= 11 is 7.34. The monoisotopic (exact) mass is 204 g/mol. The average molecular weight is 205 g/mol.